The van der Waals surface area contributed by atoms with Crippen LogP contribution in [-0.4, -0.2) is 0 Å². The molecule has 25 heavy (non-hydrogen) atoms. The minimum Gasteiger partial charge on any atom is -0.457 e. The monoisotopic (exact) mass is 330 g/mol. The maximum atomic E-state index is 5.91. The highest BCUT2D eigenvalue weighted by molar-refractivity contribution is 5.70. The van der Waals surface area contributed by atoms with Crippen molar-refractivity contribution in [2.75, 3.05) is 0 Å². The molecule has 0 saturated heterocycles. The van der Waals surface area contributed by atoms with Crippen LogP contribution in [0, 0.1) is 0 Å². The predicted octanol–water partition coefficient (Wildman–Crippen LogP) is 7.39. The molecule has 128 valence electrons. The Morgan fingerprint density at radius 2 is 1.24 bits per heavy atom. The molecule has 0 radical (unpaired) electrons. The molecule has 0 aliphatic heterocycles. The van der Waals surface area contributed by atoms with Gasteiger partial charge in [-0.1, -0.05) is 76.2 Å². The molecular formula is C24H26O. The van der Waals surface area contributed by atoms with E-state index in [0.29, 0.717) is 11.8 Å². The molecule has 1 nitrogen and oxygen atoms in total. The van der Waals surface area contributed by atoms with Crippen LogP contribution in [0.3, 0.4) is 0 Å². The van der Waals surface area contributed by atoms with Gasteiger partial charge in [0.15, 0.2) is 0 Å². The van der Waals surface area contributed by atoms with Crippen molar-refractivity contribution < 1.29 is 4.74 Å². The van der Waals surface area contributed by atoms with E-state index in [1.54, 1.807) is 0 Å². The molecule has 0 unspecified atom stereocenters. The number of hydrogen-bond acceptors (Lipinski definition) is 1. The summed E-state index contributed by atoms with van der Waals surface area (Å²) >= 11 is 0. The van der Waals surface area contributed by atoms with Gasteiger partial charge in [-0.3, -0.25) is 0 Å². The average molecular weight is 330 g/mol. The van der Waals surface area contributed by atoms with Gasteiger partial charge >= 0.3 is 0 Å². The van der Waals surface area contributed by atoms with E-state index in [2.05, 4.69) is 70.2 Å². The fourth-order valence-electron chi connectivity index (χ4n) is 3.31. The summed E-state index contributed by atoms with van der Waals surface area (Å²) in [5.41, 5.74) is 5.46. The second-order valence-corrected chi connectivity index (χ2v) is 7.06. The molecule has 0 saturated carbocycles. The maximum absolute atomic E-state index is 5.91. The summed E-state index contributed by atoms with van der Waals surface area (Å²) in [5, 5.41) is 0. The van der Waals surface area contributed by atoms with E-state index < -0.39 is 0 Å². The normalized spacial score (nSPS) is 11.1. The van der Waals surface area contributed by atoms with Gasteiger partial charge in [0.25, 0.3) is 0 Å². The summed E-state index contributed by atoms with van der Waals surface area (Å²) in [6, 6.07) is 25.0. The van der Waals surface area contributed by atoms with E-state index in [-0.39, 0.29) is 0 Å². The second kappa shape index (κ2) is 7.57. The lowest BCUT2D eigenvalue weighted by atomic mass is 9.84. The molecule has 0 aliphatic rings. The molecule has 3 aromatic rings. The molecule has 0 amide bonds. The van der Waals surface area contributed by atoms with Gasteiger partial charge in [0.1, 0.15) is 11.5 Å². The van der Waals surface area contributed by atoms with Crippen LogP contribution in [0.1, 0.15) is 50.7 Å². The lowest BCUT2D eigenvalue weighted by Gasteiger charge is -2.20. The van der Waals surface area contributed by atoms with Crippen LogP contribution >= 0.6 is 0 Å². The van der Waals surface area contributed by atoms with E-state index in [1.165, 1.54) is 22.3 Å². The van der Waals surface area contributed by atoms with Crippen molar-refractivity contribution in [3.8, 4) is 22.6 Å². The molecule has 0 spiro atoms. The van der Waals surface area contributed by atoms with Gasteiger partial charge in [0.05, 0.1) is 0 Å². The summed E-state index contributed by atoms with van der Waals surface area (Å²) < 4.78 is 5.91. The van der Waals surface area contributed by atoms with Crippen molar-refractivity contribution >= 4 is 0 Å². The van der Waals surface area contributed by atoms with E-state index in [9.17, 15) is 0 Å². The molecule has 0 N–H and O–H groups in total. The zero-order valence-corrected chi connectivity index (χ0v) is 15.5. The van der Waals surface area contributed by atoms with Crippen LogP contribution in [0.4, 0.5) is 0 Å². The minimum absolute atomic E-state index is 0.494. The summed E-state index contributed by atoms with van der Waals surface area (Å²) in [6.45, 7) is 9.08. The average Bonchev–Trinajstić information content (AvgIpc) is 2.62. The standard InChI is InChI=1S/C24H26O/c1-17(2)22-11-8-12-23(24(22)18(3)4)19-13-15-21(16-14-19)25-20-9-6-5-7-10-20/h5-18H,1-4H3. The Morgan fingerprint density at radius 3 is 1.84 bits per heavy atom. The summed E-state index contributed by atoms with van der Waals surface area (Å²) in [7, 11) is 0. The number of benzene rings is 3. The zero-order valence-electron chi connectivity index (χ0n) is 15.5. The topological polar surface area (TPSA) is 9.23 Å². The minimum atomic E-state index is 0.494. The Balaban J connectivity index is 1.94. The Labute approximate surface area is 151 Å². The van der Waals surface area contributed by atoms with Crippen molar-refractivity contribution in [2.24, 2.45) is 0 Å². The van der Waals surface area contributed by atoms with Crippen LogP contribution < -0.4 is 4.74 Å². The lowest BCUT2D eigenvalue weighted by molar-refractivity contribution is 0.483. The Morgan fingerprint density at radius 1 is 0.600 bits per heavy atom. The van der Waals surface area contributed by atoms with Crippen molar-refractivity contribution in [1.29, 1.82) is 0 Å². The van der Waals surface area contributed by atoms with Gasteiger partial charge < -0.3 is 4.74 Å². The fourth-order valence-corrected chi connectivity index (χ4v) is 3.31. The van der Waals surface area contributed by atoms with Gasteiger partial charge in [-0.15, -0.1) is 0 Å². The number of ether oxygens (including phenoxy) is 1. The highest BCUT2D eigenvalue weighted by Gasteiger charge is 2.15. The fraction of sp³-hybridized carbons (Fsp3) is 0.250. The summed E-state index contributed by atoms with van der Waals surface area (Å²) in [4.78, 5) is 0. The van der Waals surface area contributed by atoms with Crippen molar-refractivity contribution in [3.63, 3.8) is 0 Å². The van der Waals surface area contributed by atoms with Gasteiger partial charge in [-0.25, -0.2) is 0 Å². The Kier molecular flexibility index (Phi) is 5.23. The van der Waals surface area contributed by atoms with Crippen LogP contribution in [0.5, 0.6) is 11.5 Å². The largest absolute Gasteiger partial charge is 0.457 e. The first-order valence-electron chi connectivity index (χ1n) is 9.02. The van der Waals surface area contributed by atoms with Gasteiger partial charge in [-0.2, -0.15) is 0 Å². The number of rotatable bonds is 5. The first-order chi connectivity index (χ1) is 12.1. The van der Waals surface area contributed by atoms with E-state index >= 15 is 0 Å². The SMILES string of the molecule is CC(C)c1cccc(-c2ccc(Oc3ccccc3)cc2)c1C(C)C. The molecule has 0 atom stereocenters. The zero-order chi connectivity index (χ0) is 17.8. The van der Waals surface area contributed by atoms with Crippen molar-refractivity contribution in [2.45, 2.75) is 39.5 Å². The predicted molar refractivity (Wildman–Crippen MR) is 107 cm³/mol. The molecule has 0 heterocycles. The van der Waals surface area contributed by atoms with E-state index in [4.69, 9.17) is 4.74 Å². The molecule has 1 heteroatoms. The third kappa shape index (κ3) is 3.93. The highest BCUT2D eigenvalue weighted by atomic mass is 16.5. The number of para-hydroxylation sites is 1. The molecule has 3 aromatic carbocycles. The van der Waals surface area contributed by atoms with Crippen molar-refractivity contribution in [3.05, 3.63) is 83.9 Å². The molecule has 3 rings (SSSR count). The first kappa shape index (κ1) is 17.3. The quantitative estimate of drug-likeness (QED) is 0.474. The summed E-state index contributed by atoms with van der Waals surface area (Å²) in [6.07, 6.45) is 0. The molecule has 0 aromatic heterocycles. The maximum Gasteiger partial charge on any atom is 0.127 e. The van der Waals surface area contributed by atoms with Crippen LogP contribution in [0.2, 0.25) is 0 Å². The highest BCUT2D eigenvalue weighted by Crippen LogP contribution is 2.36. The van der Waals surface area contributed by atoms with Crippen LogP contribution in [0.15, 0.2) is 72.8 Å². The van der Waals surface area contributed by atoms with Crippen LogP contribution in [0.25, 0.3) is 11.1 Å². The van der Waals surface area contributed by atoms with Gasteiger partial charge in [0, 0.05) is 0 Å². The first-order valence-corrected chi connectivity index (χ1v) is 9.02. The Bertz CT molecular complexity index is 814. The molecule has 0 fully saturated rings. The Hall–Kier alpha value is -2.54. The van der Waals surface area contributed by atoms with E-state index in [1.807, 2.05) is 30.3 Å². The molecule has 0 bridgehead atoms. The summed E-state index contributed by atoms with van der Waals surface area (Å²) in [5.74, 6) is 2.74. The number of hydrogen-bond donors (Lipinski definition) is 0. The molecule has 0 aliphatic carbocycles. The van der Waals surface area contributed by atoms with Crippen molar-refractivity contribution in [1.82, 2.24) is 0 Å². The molecular weight excluding hydrogens is 304 g/mol. The van der Waals surface area contributed by atoms with E-state index in [0.717, 1.165) is 11.5 Å². The third-order valence-electron chi connectivity index (χ3n) is 4.48. The lowest BCUT2D eigenvalue weighted by Crippen LogP contribution is -2.01. The third-order valence-corrected chi connectivity index (χ3v) is 4.48. The van der Waals surface area contributed by atoms with Gasteiger partial charge in [0.2, 0.25) is 0 Å². The smallest absolute Gasteiger partial charge is 0.127 e. The van der Waals surface area contributed by atoms with Gasteiger partial charge in [-0.05, 0) is 58.4 Å². The van der Waals surface area contributed by atoms with Crippen LogP contribution in [-0.2, 0) is 0 Å². The second-order valence-electron chi connectivity index (χ2n) is 7.06.